The average Bonchev–Trinajstić information content (AvgIpc) is 3.24. The lowest BCUT2D eigenvalue weighted by molar-refractivity contribution is -0.142. The van der Waals surface area contributed by atoms with Crippen LogP contribution < -0.4 is 10.1 Å². The van der Waals surface area contributed by atoms with Crippen LogP contribution in [0.2, 0.25) is 0 Å². The molecule has 2 aliphatic rings. The molecule has 2 N–H and O–H groups in total. The predicted octanol–water partition coefficient (Wildman–Crippen LogP) is 1.42. The number of nitrogens with one attached hydrogen (secondary N) is 1. The molecule has 1 aromatic carbocycles. The van der Waals surface area contributed by atoms with Gasteiger partial charge in [0.05, 0.1) is 7.11 Å². The maximum absolute atomic E-state index is 12.5. The van der Waals surface area contributed by atoms with Gasteiger partial charge in [-0.25, -0.2) is 0 Å². The highest BCUT2D eigenvalue weighted by atomic mass is 127. The van der Waals surface area contributed by atoms with Crippen LogP contribution in [-0.2, 0) is 16.1 Å². The van der Waals surface area contributed by atoms with Crippen molar-refractivity contribution in [1.82, 2.24) is 15.1 Å². The van der Waals surface area contributed by atoms with E-state index < -0.39 is 0 Å². The van der Waals surface area contributed by atoms with Gasteiger partial charge in [0.2, 0.25) is 0 Å². The van der Waals surface area contributed by atoms with Crippen molar-refractivity contribution in [3.63, 3.8) is 0 Å². The Labute approximate surface area is 182 Å². The molecule has 0 radical (unpaired) electrons. The van der Waals surface area contributed by atoms with Crippen LogP contribution >= 0.6 is 24.0 Å². The second-order valence-corrected chi connectivity index (χ2v) is 6.71. The summed E-state index contributed by atoms with van der Waals surface area (Å²) >= 11 is 0. The standard InChI is InChI=1S/C19H28N4O4.HI/c1-20-19(21-13-14-12-15(26-2)5-6-16(14)24)23-9-7-22(8-10-23)18(25)17-4-3-11-27-17;/h5-6,12,17,24H,3-4,7-11,13H2,1-2H3,(H,20,21);1H. The summed E-state index contributed by atoms with van der Waals surface area (Å²) in [5.41, 5.74) is 0.739. The van der Waals surface area contributed by atoms with E-state index >= 15 is 0 Å². The predicted molar refractivity (Wildman–Crippen MR) is 117 cm³/mol. The molecule has 3 rings (SSSR count). The molecule has 28 heavy (non-hydrogen) atoms. The van der Waals surface area contributed by atoms with E-state index in [1.807, 2.05) is 4.90 Å². The highest BCUT2D eigenvalue weighted by molar-refractivity contribution is 14.0. The molecule has 1 aromatic rings. The van der Waals surface area contributed by atoms with Crippen LogP contribution in [0.4, 0.5) is 0 Å². The number of hydrogen-bond acceptors (Lipinski definition) is 5. The number of methoxy groups -OCH3 is 1. The highest BCUT2D eigenvalue weighted by Gasteiger charge is 2.30. The Morgan fingerprint density at radius 1 is 1.32 bits per heavy atom. The maximum Gasteiger partial charge on any atom is 0.251 e. The Morgan fingerprint density at radius 2 is 2.04 bits per heavy atom. The molecule has 0 spiro atoms. The van der Waals surface area contributed by atoms with E-state index in [0.717, 1.165) is 24.4 Å². The number of benzene rings is 1. The van der Waals surface area contributed by atoms with Crippen molar-refractivity contribution in [3.8, 4) is 11.5 Å². The van der Waals surface area contributed by atoms with Gasteiger partial charge in [-0.3, -0.25) is 9.79 Å². The van der Waals surface area contributed by atoms with Gasteiger partial charge in [-0.15, -0.1) is 24.0 Å². The first-order valence-corrected chi connectivity index (χ1v) is 9.34. The van der Waals surface area contributed by atoms with Crippen LogP contribution in [0.25, 0.3) is 0 Å². The van der Waals surface area contributed by atoms with Gasteiger partial charge in [0, 0.05) is 51.9 Å². The largest absolute Gasteiger partial charge is 0.508 e. The minimum absolute atomic E-state index is 0. The van der Waals surface area contributed by atoms with Crippen LogP contribution in [-0.4, -0.2) is 79.8 Å². The summed E-state index contributed by atoms with van der Waals surface area (Å²) in [5.74, 6) is 1.77. The van der Waals surface area contributed by atoms with Gasteiger partial charge in [0.25, 0.3) is 5.91 Å². The second kappa shape index (κ2) is 10.7. The molecule has 1 atom stereocenters. The van der Waals surface area contributed by atoms with Crippen molar-refractivity contribution < 1.29 is 19.4 Å². The summed E-state index contributed by atoms with van der Waals surface area (Å²) in [6, 6.07) is 5.14. The van der Waals surface area contributed by atoms with Gasteiger partial charge in [0.15, 0.2) is 5.96 Å². The smallest absolute Gasteiger partial charge is 0.251 e. The van der Waals surface area contributed by atoms with Crippen molar-refractivity contribution in [2.24, 2.45) is 4.99 Å². The molecule has 2 aliphatic heterocycles. The lowest BCUT2D eigenvalue weighted by atomic mass is 10.2. The van der Waals surface area contributed by atoms with Crippen LogP contribution in [0.5, 0.6) is 11.5 Å². The zero-order chi connectivity index (χ0) is 19.2. The zero-order valence-electron chi connectivity index (χ0n) is 16.4. The van der Waals surface area contributed by atoms with Crippen LogP contribution in [0, 0.1) is 0 Å². The molecule has 8 nitrogen and oxygen atoms in total. The summed E-state index contributed by atoms with van der Waals surface area (Å²) < 4.78 is 10.7. The van der Waals surface area contributed by atoms with Gasteiger partial charge < -0.3 is 29.7 Å². The molecule has 0 saturated carbocycles. The number of aromatic hydroxyl groups is 1. The van der Waals surface area contributed by atoms with E-state index in [9.17, 15) is 9.90 Å². The van der Waals surface area contributed by atoms with Crippen molar-refractivity contribution in [1.29, 1.82) is 0 Å². The molecule has 0 aromatic heterocycles. The van der Waals surface area contributed by atoms with Gasteiger partial charge in [-0.1, -0.05) is 0 Å². The maximum atomic E-state index is 12.5. The summed E-state index contributed by atoms with van der Waals surface area (Å²) in [7, 11) is 3.33. The van der Waals surface area contributed by atoms with E-state index in [4.69, 9.17) is 9.47 Å². The third-order valence-electron chi connectivity index (χ3n) is 5.03. The van der Waals surface area contributed by atoms with Gasteiger partial charge in [-0.2, -0.15) is 0 Å². The number of ether oxygens (including phenoxy) is 2. The number of carbonyl (C=O) groups excluding carboxylic acids is 1. The summed E-state index contributed by atoms with van der Waals surface area (Å²) in [4.78, 5) is 20.8. The van der Waals surface area contributed by atoms with Crippen LogP contribution in [0.1, 0.15) is 18.4 Å². The zero-order valence-corrected chi connectivity index (χ0v) is 18.7. The number of aliphatic imine (C=N–C) groups is 1. The van der Waals surface area contributed by atoms with E-state index in [0.29, 0.717) is 45.1 Å². The number of guanidine groups is 1. The Balaban J connectivity index is 0.00000280. The fourth-order valence-corrected chi connectivity index (χ4v) is 3.45. The number of amides is 1. The summed E-state index contributed by atoms with van der Waals surface area (Å²) in [6.07, 6.45) is 1.53. The number of rotatable bonds is 4. The van der Waals surface area contributed by atoms with Gasteiger partial charge >= 0.3 is 0 Å². The van der Waals surface area contributed by atoms with Gasteiger partial charge in [0.1, 0.15) is 17.6 Å². The van der Waals surface area contributed by atoms with E-state index in [1.165, 1.54) is 0 Å². The van der Waals surface area contributed by atoms with Crippen molar-refractivity contribution in [2.75, 3.05) is 46.9 Å². The second-order valence-electron chi connectivity index (χ2n) is 6.71. The molecule has 0 aliphatic carbocycles. The van der Waals surface area contributed by atoms with Gasteiger partial charge in [-0.05, 0) is 31.0 Å². The number of halogens is 1. The Kier molecular flexibility index (Phi) is 8.61. The lowest BCUT2D eigenvalue weighted by Gasteiger charge is -2.37. The molecule has 1 unspecified atom stereocenters. The Bertz CT molecular complexity index is 687. The lowest BCUT2D eigenvalue weighted by Crippen LogP contribution is -2.55. The Hall–Kier alpha value is -1.75. The van der Waals surface area contributed by atoms with E-state index in [1.54, 1.807) is 32.4 Å². The molecule has 2 heterocycles. The molecular weight excluding hydrogens is 475 g/mol. The van der Waals surface area contributed by atoms with Crippen molar-refractivity contribution in [2.45, 2.75) is 25.5 Å². The number of hydrogen-bond donors (Lipinski definition) is 2. The molecule has 156 valence electrons. The fourth-order valence-electron chi connectivity index (χ4n) is 3.45. The highest BCUT2D eigenvalue weighted by Crippen LogP contribution is 2.22. The molecule has 2 saturated heterocycles. The first kappa shape index (κ1) is 22.5. The quantitative estimate of drug-likeness (QED) is 0.367. The van der Waals surface area contributed by atoms with Crippen LogP contribution in [0.15, 0.2) is 23.2 Å². The first-order chi connectivity index (χ1) is 13.1. The van der Waals surface area contributed by atoms with Crippen LogP contribution in [0.3, 0.4) is 0 Å². The van der Waals surface area contributed by atoms with E-state index in [-0.39, 0.29) is 41.7 Å². The summed E-state index contributed by atoms with van der Waals surface area (Å²) in [6.45, 7) is 3.85. The van der Waals surface area contributed by atoms with Crippen molar-refractivity contribution >= 4 is 35.8 Å². The van der Waals surface area contributed by atoms with Crippen molar-refractivity contribution in [3.05, 3.63) is 23.8 Å². The third-order valence-corrected chi connectivity index (χ3v) is 5.03. The number of piperazine rings is 1. The molecule has 0 bridgehead atoms. The molecule has 9 heteroatoms. The number of phenols is 1. The Morgan fingerprint density at radius 3 is 2.64 bits per heavy atom. The average molecular weight is 504 g/mol. The number of carbonyl (C=O) groups is 1. The third kappa shape index (κ3) is 5.40. The summed E-state index contributed by atoms with van der Waals surface area (Å²) in [5, 5.41) is 13.3. The van der Waals surface area contributed by atoms with E-state index in [2.05, 4.69) is 15.2 Å². The minimum Gasteiger partial charge on any atom is -0.508 e. The number of nitrogens with zero attached hydrogens (tertiary/aromatic N) is 3. The monoisotopic (exact) mass is 504 g/mol. The first-order valence-electron chi connectivity index (χ1n) is 9.34. The molecule has 1 amide bonds. The minimum atomic E-state index is -0.259. The molecular formula is C19H29IN4O4. The molecule has 2 fully saturated rings. The SMILES string of the molecule is CN=C(NCc1cc(OC)ccc1O)N1CCN(C(=O)C2CCCO2)CC1.I. The normalized spacial score (nSPS) is 19.9. The topological polar surface area (TPSA) is 86.6 Å². The fraction of sp³-hybridized carbons (Fsp3) is 0.579. The number of phenolic OH excluding ortho intramolecular Hbond substituents is 1.